The molecule has 1 N–H and O–H groups in total. The highest BCUT2D eigenvalue weighted by molar-refractivity contribution is 6.06. The second-order valence-corrected chi connectivity index (χ2v) is 7.62. The molecule has 1 amide bonds. The lowest BCUT2D eigenvalue weighted by molar-refractivity contribution is -0.145. The minimum Gasteiger partial charge on any atom is -0.376 e. The summed E-state index contributed by atoms with van der Waals surface area (Å²) in [5, 5.41) is 3.64. The number of carbonyl (C=O) groups excluding carboxylic acids is 1. The number of hydrogen-bond donors (Lipinski definition) is 1. The Balaban J connectivity index is 1.57. The summed E-state index contributed by atoms with van der Waals surface area (Å²) in [6, 6.07) is 8.48. The van der Waals surface area contributed by atoms with Crippen molar-refractivity contribution in [1.29, 1.82) is 0 Å². The first kappa shape index (κ1) is 22.1. The molecule has 3 aromatic rings. The van der Waals surface area contributed by atoms with Crippen molar-refractivity contribution in [2.75, 3.05) is 26.2 Å². The maximum atomic E-state index is 13.0. The number of fused-ring (bicyclic) bond motifs is 1. The molecule has 0 aliphatic carbocycles. The molecule has 32 heavy (non-hydrogen) atoms. The fourth-order valence-corrected chi connectivity index (χ4v) is 3.83. The van der Waals surface area contributed by atoms with E-state index in [1.807, 2.05) is 19.1 Å². The van der Waals surface area contributed by atoms with Crippen molar-refractivity contribution >= 4 is 16.8 Å². The van der Waals surface area contributed by atoms with E-state index in [1.54, 1.807) is 24.4 Å². The number of aromatic nitrogens is 3. The Labute approximate surface area is 182 Å². The predicted molar refractivity (Wildman–Crippen MR) is 111 cm³/mol. The van der Waals surface area contributed by atoms with Crippen LogP contribution in [0.2, 0.25) is 0 Å². The molecular weight excluding hydrogens is 423 g/mol. The maximum Gasteiger partial charge on any atom is 0.451 e. The summed E-state index contributed by atoms with van der Waals surface area (Å²) in [7, 11) is 0. The van der Waals surface area contributed by atoms with Gasteiger partial charge in [0.2, 0.25) is 5.82 Å². The number of nitrogens with zero attached hydrogens (tertiary/aromatic N) is 4. The van der Waals surface area contributed by atoms with Crippen molar-refractivity contribution < 1.29 is 22.7 Å². The van der Waals surface area contributed by atoms with E-state index >= 15 is 0 Å². The number of alkyl halides is 3. The predicted octanol–water partition coefficient (Wildman–Crippen LogP) is 3.24. The second kappa shape index (κ2) is 9.17. The van der Waals surface area contributed by atoms with Crippen LogP contribution in [0.3, 0.4) is 0 Å². The molecule has 10 heteroatoms. The van der Waals surface area contributed by atoms with Gasteiger partial charge in [-0.1, -0.05) is 12.1 Å². The average Bonchev–Trinajstić information content (AvgIpc) is 2.78. The van der Waals surface area contributed by atoms with E-state index in [4.69, 9.17) is 4.74 Å². The van der Waals surface area contributed by atoms with E-state index in [0.717, 1.165) is 5.39 Å². The highest BCUT2D eigenvalue weighted by Gasteiger charge is 2.35. The minimum atomic E-state index is -4.61. The highest BCUT2D eigenvalue weighted by Crippen LogP contribution is 2.28. The first-order valence-corrected chi connectivity index (χ1v) is 10.2. The molecule has 0 saturated carbocycles. The number of hydrogen-bond acceptors (Lipinski definition) is 6. The number of carbonyl (C=O) groups is 1. The van der Waals surface area contributed by atoms with Gasteiger partial charge in [0.15, 0.2) is 0 Å². The fourth-order valence-electron chi connectivity index (χ4n) is 3.83. The Morgan fingerprint density at radius 2 is 2.00 bits per heavy atom. The van der Waals surface area contributed by atoms with Gasteiger partial charge in [-0.05, 0) is 25.1 Å². The molecule has 0 radical (unpaired) electrons. The molecular formula is C22H22F3N5O2. The molecule has 1 aromatic carbocycles. The molecule has 1 aliphatic heterocycles. The average molecular weight is 445 g/mol. The van der Waals surface area contributed by atoms with E-state index in [1.165, 1.54) is 12.4 Å². The maximum absolute atomic E-state index is 13.0. The summed E-state index contributed by atoms with van der Waals surface area (Å²) in [5.41, 5.74) is 1.68. The molecule has 168 valence electrons. The summed E-state index contributed by atoms with van der Waals surface area (Å²) in [6.07, 6.45) is -0.646. The van der Waals surface area contributed by atoms with Crippen LogP contribution >= 0.6 is 0 Å². The van der Waals surface area contributed by atoms with E-state index in [9.17, 15) is 18.0 Å². The van der Waals surface area contributed by atoms with Gasteiger partial charge in [0.05, 0.1) is 24.3 Å². The largest absolute Gasteiger partial charge is 0.451 e. The second-order valence-electron chi connectivity index (χ2n) is 7.62. The molecule has 3 heterocycles. The number of pyridine rings is 1. The number of rotatable bonds is 5. The number of ether oxygens (including phenoxy) is 1. The van der Waals surface area contributed by atoms with Gasteiger partial charge in [-0.2, -0.15) is 13.2 Å². The lowest BCUT2D eigenvalue weighted by atomic mass is 10.1. The van der Waals surface area contributed by atoms with Gasteiger partial charge in [0.1, 0.15) is 0 Å². The molecule has 7 nitrogen and oxygen atoms in total. The Kier molecular flexibility index (Phi) is 6.33. The van der Waals surface area contributed by atoms with Crippen molar-refractivity contribution in [3.63, 3.8) is 0 Å². The van der Waals surface area contributed by atoms with Crippen LogP contribution in [-0.2, 0) is 10.9 Å². The van der Waals surface area contributed by atoms with E-state index in [-0.39, 0.29) is 18.6 Å². The van der Waals surface area contributed by atoms with E-state index in [0.29, 0.717) is 36.3 Å². The third-order valence-corrected chi connectivity index (χ3v) is 5.37. The summed E-state index contributed by atoms with van der Waals surface area (Å²) in [5.74, 6) is -1.48. The fraction of sp³-hybridized carbons (Fsp3) is 0.364. The van der Waals surface area contributed by atoms with Crippen molar-refractivity contribution in [3.05, 3.63) is 65.9 Å². The molecule has 1 fully saturated rings. The number of nitrogens with one attached hydrogen (secondary N) is 1. The minimum absolute atomic E-state index is 0.0403. The number of benzene rings is 1. The molecule has 2 unspecified atom stereocenters. The topological polar surface area (TPSA) is 80.2 Å². The van der Waals surface area contributed by atoms with Crippen LogP contribution in [-0.4, -0.2) is 58.1 Å². The van der Waals surface area contributed by atoms with E-state index < -0.39 is 18.0 Å². The number of morpholine rings is 1. The summed E-state index contributed by atoms with van der Waals surface area (Å²) in [6.45, 7) is 3.73. The van der Waals surface area contributed by atoms with Crippen LogP contribution in [0.15, 0.2) is 48.9 Å². The molecule has 0 spiro atoms. The first-order chi connectivity index (χ1) is 15.3. The van der Waals surface area contributed by atoms with E-state index in [2.05, 4.69) is 25.2 Å². The summed E-state index contributed by atoms with van der Waals surface area (Å²) < 4.78 is 44.2. The quantitative estimate of drug-likeness (QED) is 0.650. The lowest BCUT2D eigenvalue weighted by Gasteiger charge is -2.37. The smallest absolute Gasteiger partial charge is 0.376 e. The highest BCUT2D eigenvalue weighted by atomic mass is 19.4. The van der Waals surface area contributed by atoms with Gasteiger partial charge >= 0.3 is 6.18 Å². The van der Waals surface area contributed by atoms with Gasteiger partial charge in [-0.25, -0.2) is 9.97 Å². The Hall–Kier alpha value is -3.11. The van der Waals surface area contributed by atoms with Gasteiger partial charge in [0.25, 0.3) is 5.91 Å². The van der Waals surface area contributed by atoms with Crippen molar-refractivity contribution in [3.8, 4) is 0 Å². The standard InChI is InChI=1S/C22H22F3N5O2/c1-14-13-30(8-9-32-14)19(15-10-28-21(29-11-15)22(23,24)25)12-27-20(31)17-4-2-6-18-16(17)5-3-7-26-18/h2-7,10-11,14,19H,8-9,12-13H2,1H3,(H,27,31). The normalized spacial score (nSPS) is 18.4. The van der Waals surface area contributed by atoms with Crippen LogP contribution in [0.5, 0.6) is 0 Å². The Bertz CT molecular complexity index is 1090. The van der Waals surface area contributed by atoms with Crippen molar-refractivity contribution in [2.24, 2.45) is 0 Å². The summed E-state index contributed by atoms with van der Waals surface area (Å²) in [4.78, 5) is 26.3. The number of amides is 1. The molecule has 1 saturated heterocycles. The van der Waals surface area contributed by atoms with Crippen LogP contribution in [0.4, 0.5) is 13.2 Å². The third-order valence-electron chi connectivity index (χ3n) is 5.37. The van der Waals surface area contributed by atoms with Crippen LogP contribution in [0.25, 0.3) is 10.9 Å². The van der Waals surface area contributed by atoms with Crippen LogP contribution < -0.4 is 5.32 Å². The zero-order valence-electron chi connectivity index (χ0n) is 17.3. The summed E-state index contributed by atoms with van der Waals surface area (Å²) >= 11 is 0. The van der Waals surface area contributed by atoms with Gasteiger partial charge in [-0.3, -0.25) is 14.7 Å². The molecule has 2 atom stereocenters. The zero-order chi connectivity index (χ0) is 22.7. The van der Waals surface area contributed by atoms with Crippen LogP contribution in [0, 0.1) is 0 Å². The molecule has 1 aliphatic rings. The SMILES string of the molecule is CC1CN(C(CNC(=O)c2cccc3ncccc23)c2cnc(C(F)(F)F)nc2)CCO1. The van der Waals surface area contributed by atoms with Gasteiger partial charge < -0.3 is 10.1 Å². The van der Waals surface area contributed by atoms with Gasteiger partial charge in [0, 0.05) is 54.7 Å². The zero-order valence-corrected chi connectivity index (χ0v) is 17.3. The molecule has 2 aromatic heterocycles. The Morgan fingerprint density at radius 1 is 1.22 bits per heavy atom. The van der Waals surface area contributed by atoms with Crippen LogP contribution in [0.1, 0.15) is 34.7 Å². The van der Waals surface area contributed by atoms with Crippen molar-refractivity contribution in [2.45, 2.75) is 25.2 Å². The number of halogens is 3. The lowest BCUT2D eigenvalue weighted by Crippen LogP contribution is -2.46. The monoisotopic (exact) mass is 445 g/mol. The molecule has 4 rings (SSSR count). The molecule has 0 bridgehead atoms. The third kappa shape index (κ3) is 4.86. The van der Waals surface area contributed by atoms with Gasteiger partial charge in [-0.15, -0.1) is 0 Å². The Morgan fingerprint density at radius 3 is 2.72 bits per heavy atom. The first-order valence-electron chi connectivity index (χ1n) is 10.2. The van der Waals surface area contributed by atoms with Crippen molar-refractivity contribution in [1.82, 2.24) is 25.2 Å².